The summed E-state index contributed by atoms with van der Waals surface area (Å²) in [6.45, 7) is 11.8. The zero-order valence-electron chi connectivity index (χ0n) is 22.3. The number of hydrogen-bond acceptors (Lipinski definition) is 5. The van der Waals surface area contributed by atoms with Crippen LogP contribution in [0.2, 0.25) is 0 Å². The summed E-state index contributed by atoms with van der Waals surface area (Å²) in [5.74, 6) is -2.34. The number of carboxylic acid groups (broad SMARTS) is 1. The fraction of sp³-hybridized carbons (Fsp3) is 0.483. The Morgan fingerprint density at radius 1 is 1.03 bits per heavy atom. The Labute approximate surface area is 214 Å². The molecule has 0 heterocycles. The molecule has 2 N–H and O–H groups in total. The van der Waals surface area contributed by atoms with Gasteiger partial charge in [-0.3, -0.25) is 4.79 Å². The van der Waals surface area contributed by atoms with Crippen LogP contribution in [0, 0.1) is 5.92 Å². The Bertz CT molecular complexity index is 1050. The maximum Gasteiger partial charge on any atom is 0.344 e. The zero-order valence-corrected chi connectivity index (χ0v) is 22.3. The van der Waals surface area contributed by atoms with Crippen LogP contribution in [0.1, 0.15) is 80.2 Å². The van der Waals surface area contributed by atoms with Gasteiger partial charge in [-0.1, -0.05) is 65.3 Å². The first-order valence-corrected chi connectivity index (χ1v) is 12.7. The molecule has 7 nitrogen and oxygen atoms in total. The van der Waals surface area contributed by atoms with Crippen molar-refractivity contribution in [2.45, 2.75) is 65.3 Å². The van der Waals surface area contributed by atoms with E-state index in [-0.39, 0.29) is 22.5 Å². The predicted octanol–water partition coefficient (Wildman–Crippen LogP) is 5.14. The van der Waals surface area contributed by atoms with Crippen molar-refractivity contribution in [1.29, 1.82) is 0 Å². The van der Waals surface area contributed by atoms with Crippen LogP contribution in [-0.4, -0.2) is 54.0 Å². The predicted molar refractivity (Wildman–Crippen MR) is 142 cm³/mol. The van der Waals surface area contributed by atoms with E-state index in [9.17, 15) is 19.5 Å². The summed E-state index contributed by atoms with van der Waals surface area (Å²) in [5.41, 5.74) is 1.20. The third-order valence-corrected chi connectivity index (χ3v) is 6.79. The maximum absolute atomic E-state index is 13.1. The van der Waals surface area contributed by atoms with Crippen molar-refractivity contribution >= 4 is 17.8 Å². The maximum atomic E-state index is 13.1. The second kappa shape index (κ2) is 13.2. The molecule has 0 saturated heterocycles. The second-order valence-corrected chi connectivity index (χ2v) is 9.71. The van der Waals surface area contributed by atoms with Crippen molar-refractivity contribution in [3.8, 4) is 5.75 Å². The molecule has 0 aliphatic rings. The van der Waals surface area contributed by atoms with Gasteiger partial charge in [0.15, 0.2) is 0 Å². The normalized spacial score (nSPS) is 13.8. The summed E-state index contributed by atoms with van der Waals surface area (Å²) in [4.78, 5) is 39.9. The summed E-state index contributed by atoms with van der Waals surface area (Å²) < 4.78 is 5.73. The Morgan fingerprint density at radius 2 is 1.69 bits per heavy atom. The lowest BCUT2D eigenvalue weighted by atomic mass is 9.74. The molecule has 0 spiro atoms. The summed E-state index contributed by atoms with van der Waals surface area (Å²) in [7, 11) is 2.11. The third-order valence-electron chi connectivity index (χ3n) is 6.79. The summed E-state index contributed by atoms with van der Waals surface area (Å²) in [5, 5.41) is 11.9. The molecular weight excluding hydrogens is 456 g/mol. The van der Waals surface area contributed by atoms with E-state index in [1.807, 2.05) is 12.1 Å². The average Bonchev–Trinajstić information content (AvgIpc) is 2.86. The molecular formula is C29H40N2O5. The van der Waals surface area contributed by atoms with Gasteiger partial charge in [0.1, 0.15) is 11.8 Å². The SMILES string of the molecule is CCCC(CC)(CN(C)CC)c1cccc(OC(=O)c2ccccc2C(=O)NC(C(=O)O)C(C)C)c1. The lowest BCUT2D eigenvalue weighted by Crippen LogP contribution is -2.44. The van der Waals surface area contributed by atoms with E-state index < -0.39 is 23.9 Å². The molecule has 0 aliphatic carbocycles. The zero-order chi connectivity index (χ0) is 26.9. The number of aliphatic carboxylic acids is 1. The molecule has 2 rings (SSSR count). The molecule has 0 fully saturated rings. The quantitative estimate of drug-likeness (QED) is 0.294. The Kier molecular flexibility index (Phi) is 10.7. The second-order valence-electron chi connectivity index (χ2n) is 9.71. The van der Waals surface area contributed by atoms with Gasteiger partial charge in [0.05, 0.1) is 11.1 Å². The summed E-state index contributed by atoms with van der Waals surface area (Å²) in [6, 6.07) is 12.8. The highest BCUT2D eigenvalue weighted by molar-refractivity contribution is 6.06. The number of nitrogens with one attached hydrogen (secondary N) is 1. The Balaban J connectivity index is 2.34. The number of carboxylic acids is 1. The number of rotatable bonds is 13. The van der Waals surface area contributed by atoms with Gasteiger partial charge in [0, 0.05) is 12.0 Å². The Hall–Kier alpha value is -3.19. The molecule has 0 radical (unpaired) electrons. The van der Waals surface area contributed by atoms with Crippen molar-refractivity contribution in [2.75, 3.05) is 20.1 Å². The van der Waals surface area contributed by atoms with Gasteiger partial charge in [-0.2, -0.15) is 0 Å². The topological polar surface area (TPSA) is 95.9 Å². The number of ether oxygens (including phenoxy) is 1. The highest BCUT2D eigenvalue weighted by Gasteiger charge is 2.31. The molecule has 0 aromatic heterocycles. The summed E-state index contributed by atoms with van der Waals surface area (Å²) >= 11 is 0. The van der Waals surface area contributed by atoms with Crippen LogP contribution in [0.15, 0.2) is 48.5 Å². The van der Waals surface area contributed by atoms with Gasteiger partial charge >= 0.3 is 11.9 Å². The number of hydrogen-bond donors (Lipinski definition) is 2. The largest absolute Gasteiger partial charge is 0.480 e. The highest BCUT2D eigenvalue weighted by Crippen LogP contribution is 2.35. The van der Waals surface area contributed by atoms with Crippen LogP contribution >= 0.6 is 0 Å². The molecule has 2 unspecified atom stereocenters. The number of carbonyl (C=O) groups is 3. The van der Waals surface area contributed by atoms with E-state index in [0.717, 1.165) is 37.9 Å². The van der Waals surface area contributed by atoms with Gasteiger partial charge in [-0.05, 0) is 62.2 Å². The molecule has 0 bridgehead atoms. The molecule has 7 heteroatoms. The van der Waals surface area contributed by atoms with Gasteiger partial charge in [0.25, 0.3) is 5.91 Å². The lowest BCUT2D eigenvalue weighted by Gasteiger charge is -2.37. The van der Waals surface area contributed by atoms with E-state index in [4.69, 9.17) is 4.74 Å². The van der Waals surface area contributed by atoms with E-state index in [1.165, 1.54) is 12.1 Å². The molecule has 196 valence electrons. The van der Waals surface area contributed by atoms with Gasteiger partial charge in [0.2, 0.25) is 0 Å². The van der Waals surface area contributed by atoms with Crippen LogP contribution < -0.4 is 10.1 Å². The number of nitrogens with zero attached hydrogens (tertiary/aromatic N) is 1. The van der Waals surface area contributed by atoms with Crippen LogP contribution in [0.3, 0.4) is 0 Å². The van der Waals surface area contributed by atoms with Gasteiger partial charge < -0.3 is 20.1 Å². The molecule has 2 aromatic rings. The fourth-order valence-corrected chi connectivity index (χ4v) is 4.56. The van der Waals surface area contributed by atoms with E-state index in [2.05, 4.69) is 44.1 Å². The van der Waals surface area contributed by atoms with Crippen molar-refractivity contribution in [3.63, 3.8) is 0 Å². The number of carbonyl (C=O) groups excluding carboxylic acids is 2. The fourth-order valence-electron chi connectivity index (χ4n) is 4.56. The van der Waals surface area contributed by atoms with Crippen molar-refractivity contribution < 1.29 is 24.2 Å². The van der Waals surface area contributed by atoms with Gasteiger partial charge in [-0.25, -0.2) is 9.59 Å². The third kappa shape index (κ3) is 7.17. The van der Waals surface area contributed by atoms with E-state index >= 15 is 0 Å². The smallest absolute Gasteiger partial charge is 0.344 e. The molecule has 2 atom stereocenters. The van der Waals surface area contributed by atoms with Crippen molar-refractivity contribution in [1.82, 2.24) is 10.2 Å². The number of likely N-dealkylation sites (N-methyl/N-ethyl adjacent to an activating group) is 1. The number of benzene rings is 2. The van der Waals surface area contributed by atoms with Crippen LogP contribution in [0.4, 0.5) is 0 Å². The number of amides is 1. The standard InChI is InChI=1S/C29H40N2O5/c1-7-17-29(8-2,19-31(6)9-3)21-13-12-14-22(18-21)36-28(35)24-16-11-10-15-23(24)26(32)30-25(20(4)5)27(33)34/h10-16,18,20,25H,7-9,17,19H2,1-6H3,(H,30,32)(H,33,34). The van der Waals surface area contributed by atoms with Crippen molar-refractivity contribution in [3.05, 3.63) is 65.2 Å². The van der Waals surface area contributed by atoms with Crippen molar-refractivity contribution in [2.24, 2.45) is 5.92 Å². The minimum atomic E-state index is -1.13. The first-order chi connectivity index (χ1) is 17.1. The summed E-state index contributed by atoms with van der Waals surface area (Å²) in [6.07, 6.45) is 2.99. The minimum absolute atomic E-state index is 0.0671. The molecule has 0 saturated carbocycles. The molecule has 36 heavy (non-hydrogen) atoms. The Morgan fingerprint density at radius 3 is 2.25 bits per heavy atom. The van der Waals surface area contributed by atoms with Gasteiger partial charge in [-0.15, -0.1) is 0 Å². The lowest BCUT2D eigenvalue weighted by molar-refractivity contribution is -0.140. The van der Waals surface area contributed by atoms with E-state index in [0.29, 0.717) is 5.75 Å². The average molecular weight is 497 g/mol. The molecule has 2 aromatic carbocycles. The van der Waals surface area contributed by atoms with Crippen LogP contribution in [0.25, 0.3) is 0 Å². The van der Waals surface area contributed by atoms with Crippen LogP contribution in [0.5, 0.6) is 5.75 Å². The monoisotopic (exact) mass is 496 g/mol. The van der Waals surface area contributed by atoms with Crippen LogP contribution in [-0.2, 0) is 10.2 Å². The number of esters is 1. The molecule has 0 aliphatic heterocycles. The van der Waals surface area contributed by atoms with E-state index in [1.54, 1.807) is 32.0 Å². The molecule has 1 amide bonds. The minimum Gasteiger partial charge on any atom is -0.480 e. The first-order valence-electron chi connectivity index (χ1n) is 12.7. The first kappa shape index (κ1) is 29.0. The highest BCUT2D eigenvalue weighted by atomic mass is 16.5.